The monoisotopic (exact) mass is 323 g/mol. The number of piperidine rings is 1. The Morgan fingerprint density at radius 2 is 1.57 bits per heavy atom. The summed E-state index contributed by atoms with van der Waals surface area (Å²) in [6, 6.07) is 0. The van der Waals surface area contributed by atoms with E-state index in [1.807, 2.05) is 14.1 Å². The Kier molecular flexibility index (Phi) is 6.88. The molecule has 1 aliphatic heterocycles. The number of carbonyl (C=O) groups excluding carboxylic acids is 2. The molecule has 132 valence electrons. The van der Waals surface area contributed by atoms with Crippen molar-refractivity contribution in [1.29, 1.82) is 0 Å². The maximum absolute atomic E-state index is 12.6. The predicted octanol–water partition coefficient (Wildman–Crippen LogP) is 1.73. The molecule has 0 aromatic carbocycles. The molecule has 0 spiro atoms. The molecule has 1 saturated carbocycles. The number of carbonyl (C=O) groups is 2. The van der Waals surface area contributed by atoms with Crippen molar-refractivity contribution in [2.24, 2.45) is 17.8 Å². The number of likely N-dealkylation sites (tertiary alicyclic amines) is 1. The third kappa shape index (κ3) is 5.48. The summed E-state index contributed by atoms with van der Waals surface area (Å²) in [6.45, 7) is 5.68. The molecule has 0 aromatic rings. The van der Waals surface area contributed by atoms with E-state index in [2.05, 4.69) is 22.0 Å². The van der Waals surface area contributed by atoms with E-state index in [4.69, 9.17) is 0 Å². The topological polar surface area (TPSA) is 52.7 Å². The highest BCUT2D eigenvalue weighted by Gasteiger charge is 2.32. The lowest BCUT2D eigenvalue weighted by Crippen LogP contribution is -2.43. The molecule has 23 heavy (non-hydrogen) atoms. The zero-order valence-electron chi connectivity index (χ0n) is 15.0. The van der Waals surface area contributed by atoms with Crippen LogP contribution in [0.1, 0.15) is 45.4 Å². The van der Waals surface area contributed by atoms with E-state index in [-0.39, 0.29) is 17.7 Å². The van der Waals surface area contributed by atoms with Crippen LogP contribution in [0.25, 0.3) is 0 Å². The van der Waals surface area contributed by atoms with Gasteiger partial charge in [0.15, 0.2) is 0 Å². The Labute approximate surface area is 140 Å². The lowest BCUT2D eigenvalue weighted by atomic mass is 9.80. The number of likely N-dealkylation sites (N-methyl/N-ethyl adjacent to an activating group) is 1. The van der Waals surface area contributed by atoms with Crippen LogP contribution < -0.4 is 5.32 Å². The number of nitrogens with zero attached hydrogens (tertiary/aromatic N) is 2. The first kappa shape index (κ1) is 18.2. The summed E-state index contributed by atoms with van der Waals surface area (Å²) in [6.07, 6.45) is 5.72. The number of hydrogen-bond donors (Lipinski definition) is 1. The van der Waals surface area contributed by atoms with Gasteiger partial charge in [0.1, 0.15) is 0 Å². The highest BCUT2D eigenvalue weighted by atomic mass is 16.2. The smallest absolute Gasteiger partial charge is 0.225 e. The molecule has 2 rings (SSSR count). The number of nitrogens with one attached hydrogen (secondary N) is 1. The highest BCUT2D eigenvalue weighted by Crippen LogP contribution is 2.31. The van der Waals surface area contributed by atoms with Crippen molar-refractivity contribution in [3.05, 3.63) is 0 Å². The fourth-order valence-corrected chi connectivity index (χ4v) is 3.64. The van der Waals surface area contributed by atoms with Gasteiger partial charge in [0.2, 0.25) is 11.8 Å². The largest absolute Gasteiger partial charge is 0.355 e. The SMILES string of the molecule is CC1CCN(C(=O)C2CCC(C(=O)NCCN(C)C)CC2)CC1. The van der Waals surface area contributed by atoms with E-state index in [9.17, 15) is 9.59 Å². The van der Waals surface area contributed by atoms with Crippen molar-refractivity contribution in [3.63, 3.8) is 0 Å². The molecule has 1 saturated heterocycles. The molecule has 1 heterocycles. The summed E-state index contributed by atoms with van der Waals surface area (Å²) in [7, 11) is 4.01. The summed E-state index contributed by atoms with van der Waals surface area (Å²) in [5.41, 5.74) is 0. The van der Waals surface area contributed by atoms with E-state index in [0.717, 1.165) is 64.1 Å². The second kappa shape index (κ2) is 8.67. The molecule has 0 bridgehead atoms. The standard InChI is InChI=1S/C18H33N3O2/c1-14-8-11-21(12-9-14)18(23)16-6-4-15(5-7-16)17(22)19-10-13-20(2)3/h14-16H,4-13H2,1-3H3,(H,19,22). The highest BCUT2D eigenvalue weighted by molar-refractivity contribution is 5.81. The molecule has 0 radical (unpaired) electrons. The van der Waals surface area contributed by atoms with Crippen LogP contribution in [-0.4, -0.2) is 61.9 Å². The van der Waals surface area contributed by atoms with Crippen LogP contribution in [-0.2, 0) is 9.59 Å². The summed E-state index contributed by atoms with van der Waals surface area (Å²) in [5, 5.41) is 3.02. The molecule has 1 N–H and O–H groups in total. The molecule has 5 nitrogen and oxygen atoms in total. The van der Waals surface area contributed by atoms with Crippen molar-refractivity contribution >= 4 is 11.8 Å². The minimum atomic E-state index is 0.0996. The van der Waals surface area contributed by atoms with Crippen LogP contribution in [0, 0.1) is 17.8 Å². The first-order valence-electron chi connectivity index (χ1n) is 9.18. The zero-order valence-corrected chi connectivity index (χ0v) is 15.0. The normalized spacial score (nSPS) is 26.3. The number of amides is 2. The third-order valence-corrected chi connectivity index (χ3v) is 5.40. The molecule has 0 aromatic heterocycles. The van der Waals surface area contributed by atoms with Gasteiger partial charge in [-0.2, -0.15) is 0 Å². The quantitative estimate of drug-likeness (QED) is 0.838. The minimum Gasteiger partial charge on any atom is -0.355 e. The van der Waals surface area contributed by atoms with Gasteiger partial charge in [0.05, 0.1) is 0 Å². The number of hydrogen-bond acceptors (Lipinski definition) is 3. The fourth-order valence-electron chi connectivity index (χ4n) is 3.64. The van der Waals surface area contributed by atoms with Gasteiger partial charge in [-0.15, -0.1) is 0 Å². The molecular formula is C18H33N3O2. The van der Waals surface area contributed by atoms with Crippen molar-refractivity contribution in [2.45, 2.75) is 45.4 Å². The molecule has 2 fully saturated rings. The average Bonchev–Trinajstić information content (AvgIpc) is 2.54. The Morgan fingerprint density at radius 3 is 2.13 bits per heavy atom. The van der Waals surface area contributed by atoms with E-state index in [1.165, 1.54) is 0 Å². The molecule has 0 atom stereocenters. The van der Waals surface area contributed by atoms with Gasteiger partial charge in [-0.3, -0.25) is 9.59 Å². The van der Waals surface area contributed by atoms with E-state index in [1.54, 1.807) is 0 Å². The van der Waals surface area contributed by atoms with E-state index in [0.29, 0.717) is 12.5 Å². The lowest BCUT2D eigenvalue weighted by molar-refractivity contribution is -0.139. The van der Waals surface area contributed by atoms with Gasteiger partial charge in [0.25, 0.3) is 0 Å². The van der Waals surface area contributed by atoms with Gasteiger partial charge in [-0.1, -0.05) is 6.92 Å². The van der Waals surface area contributed by atoms with Gasteiger partial charge in [-0.25, -0.2) is 0 Å². The van der Waals surface area contributed by atoms with Gasteiger partial charge in [0, 0.05) is 38.0 Å². The van der Waals surface area contributed by atoms with Crippen LogP contribution >= 0.6 is 0 Å². The van der Waals surface area contributed by atoms with E-state index < -0.39 is 0 Å². The molecular weight excluding hydrogens is 290 g/mol. The van der Waals surface area contributed by atoms with E-state index >= 15 is 0 Å². The maximum atomic E-state index is 12.6. The second-order valence-corrected chi connectivity index (χ2v) is 7.65. The van der Waals surface area contributed by atoms with Crippen molar-refractivity contribution in [2.75, 3.05) is 40.3 Å². The average molecular weight is 323 g/mol. The van der Waals surface area contributed by atoms with Gasteiger partial charge < -0.3 is 15.1 Å². The summed E-state index contributed by atoms with van der Waals surface area (Å²) >= 11 is 0. The summed E-state index contributed by atoms with van der Waals surface area (Å²) in [4.78, 5) is 28.9. The zero-order chi connectivity index (χ0) is 16.8. The van der Waals surface area contributed by atoms with Crippen LogP contribution in [0.4, 0.5) is 0 Å². The van der Waals surface area contributed by atoms with Crippen molar-refractivity contribution in [3.8, 4) is 0 Å². The second-order valence-electron chi connectivity index (χ2n) is 7.65. The van der Waals surface area contributed by atoms with Gasteiger partial charge >= 0.3 is 0 Å². The maximum Gasteiger partial charge on any atom is 0.225 e. The van der Waals surface area contributed by atoms with Crippen molar-refractivity contribution in [1.82, 2.24) is 15.1 Å². The Hall–Kier alpha value is -1.10. The fraction of sp³-hybridized carbons (Fsp3) is 0.889. The van der Waals surface area contributed by atoms with Gasteiger partial charge in [-0.05, 0) is 58.5 Å². The predicted molar refractivity (Wildman–Crippen MR) is 92.0 cm³/mol. The van der Waals surface area contributed by atoms with Crippen LogP contribution in [0.3, 0.4) is 0 Å². The minimum absolute atomic E-state index is 0.0996. The Balaban J connectivity index is 1.70. The Bertz CT molecular complexity index is 395. The first-order chi connectivity index (χ1) is 11.0. The van der Waals surface area contributed by atoms with Crippen LogP contribution in [0.15, 0.2) is 0 Å². The lowest BCUT2D eigenvalue weighted by Gasteiger charge is -2.35. The van der Waals surface area contributed by atoms with Crippen LogP contribution in [0.5, 0.6) is 0 Å². The molecule has 1 aliphatic carbocycles. The molecule has 2 amide bonds. The molecule has 5 heteroatoms. The van der Waals surface area contributed by atoms with Crippen LogP contribution in [0.2, 0.25) is 0 Å². The molecule has 2 aliphatic rings. The molecule has 0 unspecified atom stereocenters. The van der Waals surface area contributed by atoms with Crippen molar-refractivity contribution < 1.29 is 9.59 Å². The summed E-state index contributed by atoms with van der Waals surface area (Å²) in [5.74, 6) is 1.50. The Morgan fingerprint density at radius 1 is 1.00 bits per heavy atom. The third-order valence-electron chi connectivity index (χ3n) is 5.40. The first-order valence-corrected chi connectivity index (χ1v) is 9.18. The number of rotatable bonds is 5. The summed E-state index contributed by atoms with van der Waals surface area (Å²) < 4.78 is 0.